The number of carboxylic acids is 1. The van der Waals surface area contributed by atoms with Gasteiger partial charge in [-0.3, -0.25) is 0 Å². The van der Waals surface area contributed by atoms with E-state index in [1.807, 2.05) is 0 Å². The van der Waals surface area contributed by atoms with Crippen LogP contribution in [0.3, 0.4) is 0 Å². The van der Waals surface area contributed by atoms with Gasteiger partial charge in [0, 0.05) is 6.61 Å². The first-order valence-electron chi connectivity index (χ1n) is 6.58. The molecule has 1 unspecified atom stereocenters. The van der Waals surface area contributed by atoms with E-state index in [9.17, 15) is 4.79 Å². The SMILES string of the molecule is CC(O)C(=O)O.CCCCCCCCCCO. The van der Waals surface area contributed by atoms with Gasteiger partial charge in [0.1, 0.15) is 6.10 Å². The first-order valence-corrected chi connectivity index (χ1v) is 6.58. The van der Waals surface area contributed by atoms with Crippen LogP contribution in [0.25, 0.3) is 0 Å². The molecule has 0 rings (SSSR count). The number of carbonyl (C=O) groups is 1. The number of rotatable bonds is 9. The minimum Gasteiger partial charge on any atom is -0.479 e. The highest BCUT2D eigenvalue weighted by molar-refractivity contribution is 5.71. The number of carboxylic acid groups (broad SMARTS) is 1. The van der Waals surface area contributed by atoms with Crippen molar-refractivity contribution in [2.24, 2.45) is 0 Å². The third kappa shape index (κ3) is 21.3. The van der Waals surface area contributed by atoms with Crippen LogP contribution < -0.4 is 0 Å². The lowest BCUT2D eigenvalue weighted by molar-refractivity contribution is -0.145. The van der Waals surface area contributed by atoms with Crippen LogP contribution in [0.5, 0.6) is 0 Å². The Labute approximate surface area is 105 Å². The van der Waals surface area contributed by atoms with Crippen molar-refractivity contribution in [3.05, 3.63) is 0 Å². The Morgan fingerprint density at radius 2 is 1.35 bits per heavy atom. The van der Waals surface area contributed by atoms with Gasteiger partial charge in [-0.2, -0.15) is 0 Å². The second-order valence-corrected chi connectivity index (χ2v) is 4.21. The molecule has 0 aliphatic carbocycles. The van der Waals surface area contributed by atoms with Crippen molar-refractivity contribution < 1.29 is 20.1 Å². The Morgan fingerprint density at radius 3 is 1.65 bits per heavy atom. The minimum atomic E-state index is -1.23. The van der Waals surface area contributed by atoms with Gasteiger partial charge >= 0.3 is 5.97 Å². The van der Waals surface area contributed by atoms with Crippen LogP contribution in [0, 0.1) is 0 Å². The molecule has 0 aliphatic heterocycles. The third-order valence-corrected chi connectivity index (χ3v) is 2.37. The minimum absolute atomic E-state index is 0.370. The Kier molecular flexibility index (Phi) is 17.0. The van der Waals surface area contributed by atoms with Gasteiger partial charge in [-0.25, -0.2) is 4.79 Å². The van der Waals surface area contributed by atoms with Gasteiger partial charge in [0.15, 0.2) is 0 Å². The van der Waals surface area contributed by atoms with Crippen molar-refractivity contribution in [3.63, 3.8) is 0 Å². The molecule has 4 nitrogen and oxygen atoms in total. The number of aliphatic hydroxyl groups is 2. The molecule has 1 atom stereocenters. The summed E-state index contributed by atoms with van der Waals surface area (Å²) in [5.74, 6) is -1.19. The summed E-state index contributed by atoms with van der Waals surface area (Å²) in [6.45, 7) is 3.81. The number of hydrogen-bond donors (Lipinski definition) is 3. The molecule has 4 heteroatoms. The van der Waals surface area contributed by atoms with Gasteiger partial charge in [-0.1, -0.05) is 51.9 Å². The maximum atomic E-state index is 9.45. The van der Waals surface area contributed by atoms with Crippen molar-refractivity contribution in [1.82, 2.24) is 0 Å². The summed E-state index contributed by atoms with van der Waals surface area (Å²) in [4.78, 5) is 9.45. The molecule has 0 aromatic carbocycles. The zero-order valence-electron chi connectivity index (χ0n) is 11.2. The molecule has 0 amide bonds. The van der Waals surface area contributed by atoms with E-state index in [2.05, 4.69) is 6.92 Å². The molecular weight excluding hydrogens is 220 g/mol. The van der Waals surface area contributed by atoms with Gasteiger partial charge in [-0.15, -0.1) is 0 Å². The van der Waals surface area contributed by atoms with E-state index in [4.69, 9.17) is 15.3 Å². The van der Waals surface area contributed by atoms with Gasteiger partial charge in [0.05, 0.1) is 0 Å². The lowest BCUT2D eigenvalue weighted by Crippen LogP contribution is -2.13. The molecular formula is C13H28O4. The fraction of sp³-hybridized carbons (Fsp3) is 0.923. The van der Waals surface area contributed by atoms with Crippen LogP contribution in [-0.2, 0) is 4.79 Å². The van der Waals surface area contributed by atoms with Crippen molar-refractivity contribution >= 4 is 5.97 Å². The Morgan fingerprint density at radius 1 is 1.00 bits per heavy atom. The molecule has 0 bridgehead atoms. The predicted molar refractivity (Wildman–Crippen MR) is 69.0 cm³/mol. The lowest BCUT2D eigenvalue weighted by Gasteiger charge is -1.98. The Hall–Kier alpha value is -0.610. The second-order valence-electron chi connectivity index (χ2n) is 4.21. The Bertz CT molecular complexity index is 149. The fourth-order valence-electron chi connectivity index (χ4n) is 1.25. The fourth-order valence-corrected chi connectivity index (χ4v) is 1.25. The normalized spacial score (nSPS) is 11.5. The van der Waals surface area contributed by atoms with Gasteiger partial charge in [0.25, 0.3) is 0 Å². The molecule has 0 radical (unpaired) electrons. The molecule has 0 saturated carbocycles. The molecule has 0 spiro atoms. The number of aliphatic hydroxyl groups excluding tert-OH is 2. The maximum Gasteiger partial charge on any atom is 0.332 e. The molecule has 0 aromatic rings. The maximum absolute atomic E-state index is 9.45. The highest BCUT2D eigenvalue weighted by Gasteiger charge is 2.01. The highest BCUT2D eigenvalue weighted by atomic mass is 16.4. The number of unbranched alkanes of at least 4 members (excludes halogenated alkanes) is 7. The second kappa shape index (κ2) is 15.4. The van der Waals surface area contributed by atoms with Crippen molar-refractivity contribution in [3.8, 4) is 0 Å². The first-order chi connectivity index (χ1) is 8.06. The summed E-state index contributed by atoms with van der Waals surface area (Å²) in [6.07, 6.45) is 9.15. The van der Waals surface area contributed by atoms with E-state index in [1.54, 1.807) is 0 Å². The summed E-state index contributed by atoms with van der Waals surface area (Å²) >= 11 is 0. The van der Waals surface area contributed by atoms with Gasteiger partial charge < -0.3 is 15.3 Å². The summed E-state index contributed by atoms with van der Waals surface area (Å²) in [7, 11) is 0. The van der Waals surface area contributed by atoms with Crippen LogP contribution in [0.2, 0.25) is 0 Å². The number of hydrogen-bond acceptors (Lipinski definition) is 3. The summed E-state index contributed by atoms with van der Waals surface area (Å²) in [5.41, 5.74) is 0. The monoisotopic (exact) mass is 248 g/mol. The van der Waals surface area contributed by atoms with Crippen LogP contribution in [0.1, 0.15) is 65.2 Å². The molecule has 0 aliphatic rings. The third-order valence-electron chi connectivity index (χ3n) is 2.37. The van der Waals surface area contributed by atoms with E-state index in [1.165, 1.54) is 51.9 Å². The molecule has 104 valence electrons. The molecule has 0 heterocycles. The lowest BCUT2D eigenvalue weighted by atomic mass is 10.1. The van der Waals surface area contributed by atoms with Crippen LogP contribution in [-0.4, -0.2) is 34.0 Å². The Balaban J connectivity index is 0. The largest absolute Gasteiger partial charge is 0.479 e. The summed E-state index contributed by atoms with van der Waals surface area (Å²) < 4.78 is 0. The molecule has 0 aromatic heterocycles. The molecule has 0 saturated heterocycles. The van der Waals surface area contributed by atoms with Crippen molar-refractivity contribution in [1.29, 1.82) is 0 Å². The van der Waals surface area contributed by atoms with E-state index in [0.717, 1.165) is 6.42 Å². The predicted octanol–water partition coefficient (Wildman–Crippen LogP) is 2.57. The number of aliphatic carboxylic acids is 1. The van der Waals surface area contributed by atoms with Gasteiger partial charge in [-0.05, 0) is 13.3 Å². The van der Waals surface area contributed by atoms with Crippen molar-refractivity contribution in [2.45, 2.75) is 71.3 Å². The molecule has 17 heavy (non-hydrogen) atoms. The first kappa shape index (κ1) is 18.7. The van der Waals surface area contributed by atoms with Crippen LogP contribution in [0.15, 0.2) is 0 Å². The summed E-state index contributed by atoms with van der Waals surface area (Å²) in [5, 5.41) is 24.3. The van der Waals surface area contributed by atoms with E-state index in [-0.39, 0.29) is 0 Å². The average molecular weight is 248 g/mol. The van der Waals surface area contributed by atoms with Crippen molar-refractivity contribution in [2.75, 3.05) is 6.61 Å². The topological polar surface area (TPSA) is 77.8 Å². The zero-order chi connectivity index (χ0) is 13.5. The van der Waals surface area contributed by atoms with Crippen LogP contribution >= 0.6 is 0 Å². The zero-order valence-corrected chi connectivity index (χ0v) is 11.2. The average Bonchev–Trinajstić information content (AvgIpc) is 2.29. The quantitative estimate of drug-likeness (QED) is 0.548. The van der Waals surface area contributed by atoms with E-state index < -0.39 is 12.1 Å². The van der Waals surface area contributed by atoms with E-state index >= 15 is 0 Å². The highest BCUT2D eigenvalue weighted by Crippen LogP contribution is 2.07. The van der Waals surface area contributed by atoms with Crippen LogP contribution in [0.4, 0.5) is 0 Å². The summed E-state index contributed by atoms with van der Waals surface area (Å²) in [6, 6.07) is 0. The van der Waals surface area contributed by atoms with E-state index in [0.29, 0.717) is 6.61 Å². The molecule has 3 N–H and O–H groups in total. The molecule has 0 fully saturated rings. The standard InChI is InChI=1S/C10H22O.C3H6O3/c1-2-3-4-5-6-7-8-9-10-11;1-2(4)3(5)6/h11H,2-10H2,1H3;2,4H,1H3,(H,5,6). The van der Waals surface area contributed by atoms with Gasteiger partial charge in [0.2, 0.25) is 0 Å². The smallest absolute Gasteiger partial charge is 0.332 e.